The smallest absolute Gasteiger partial charge is 0.0148 e. The van der Waals surface area contributed by atoms with Crippen LogP contribution in [0.3, 0.4) is 0 Å². The van der Waals surface area contributed by atoms with Crippen LogP contribution in [-0.2, 0) is 44.9 Å². The van der Waals surface area contributed by atoms with Crippen molar-refractivity contribution in [2.45, 2.75) is 85.1 Å². The average Bonchev–Trinajstić information content (AvgIpc) is 3.08. The molecular weight excluding hydrogens is 326 g/mol. The van der Waals surface area contributed by atoms with E-state index in [1.165, 1.54) is 36.8 Å². The van der Waals surface area contributed by atoms with Crippen molar-refractivity contribution < 1.29 is 0 Å². The molecule has 1 N–H and O–H groups in total. The van der Waals surface area contributed by atoms with E-state index < -0.39 is 0 Å². The first kappa shape index (κ1) is 20.1. The van der Waals surface area contributed by atoms with Crippen molar-refractivity contribution in [3.05, 3.63) is 69.3 Å². The summed E-state index contributed by atoms with van der Waals surface area (Å²) in [6.45, 7) is 10.2. The Hall–Kier alpha value is -1.60. The molecule has 0 heterocycles. The highest BCUT2D eigenvalue weighted by Gasteiger charge is 2.22. The highest BCUT2D eigenvalue weighted by Crippen LogP contribution is 2.27. The van der Waals surface area contributed by atoms with Gasteiger partial charge < -0.3 is 5.32 Å². The first-order chi connectivity index (χ1) is 13.2. The number of hydrogen-bond donors (Lipinski definition) is 1. The van der Waals surface area contributed by atoms with Gasteiger partial charge in [0.1, 0.15) is 0 Å². The van der Waals surface area contributed by atoms with Gasteiger partial charge in [-0.1, -0.05) is 64.4 Å². The summed E-state index contributed by atoms with van der Waals surface area (Å²) in [6.07, 6.45) is 9.42. The molecule has 1 aliphatic carbocycles. The summed E-state index contributed by atoms with van der Waals surface area (Å²) in [5, 5.41) is 3.83. The van der Waals surface area contributed by atoms with Crippen LogP contribution in [0.4, 0.5) is 0 Å². The number of aryl methyl sites for hydroxylation is 4. The van der Waals surface area contributed by atoms with Crippen LogP contribution < -0.4 is 5.32 Å². The normalized spacial score (nSPS) is 13.9. The highest BCUT2D eigenvalue weighted by atomic mass is 14.9. The van der Waals surface area contributed by atoms with E-state index in [0.717, 1.165) is 32.2 Å². The SMILES string of the molecule is CCCc1cc(CCNC2Cc3cc(CC)c(CC)cc3C2)ccc1CC. The molecule has 3 rings (SSSR count). The predicted octanol–water partition coefficient (Wildman–Crippen LogP) is 5.63. The Morgan fingerprint density at radius 2 is 1.37 bits per heavy atom. The van der Waals surface area contributed by atoms with Crippen molar-refractivity contribution in [3.63, 3.8) is 0 Å². The molecule has 1 aliphatic rings. The molecule has 0 unspecified atom stereocenters. The van der Waals surface area contributed by atoms with E-state index in [1.807, 2.05) is 0 Å². The van der Waals surface area contributed by atoms with Crippen LogP contribution in [0.25, 0.3) is 0 Å². The van der Waals surface area contributed by atoms with Crippen LogP contribution in [0.1, 0.15) is 73.1 Å². The topological polar surface area (TPSA) is 12.0 Å². The molecule has 0 amide bonds. The number of fused-ring (bicyclic) bond motifs is 1. The maximum atomic E-state index is 3.83. The Bertz CT molecular complexity index is 726. The number of hydrogen-bond acceptors (Lipinski definition) is 1. The Morgan fingerprint density at radius 3 is 1.93 bits per heavy atom. The van der Waals surface area contributed by atoms with Crippen molar-refractivity contribution in [2.24, 2.45) is 0 Å². The van der Waals surface area contributed by atoms with Gasteiger partial charge in [0.05, 0.1) is 0 Å². The molecule has 0 aliphatic heterocycles. The molecule has 27 heavy (non-hydrogen) atoms. The molecule has 0 aromatic heterocycles. The van der Waals surface area contributed by atoms with Gasteiger partial charge >= 0.3 is 0 Å². The monoisotopic (exact) mass is 363 g/mol. The molecule has 146 valence electrons. The van der Waals surface area contributed by atoms with Crippen molar-refractivity contribution in [2.75, 3.05) is 6.54 Å². The number of rotatable bonds is 9. The lowest BCUT2D eigenvalue weighted by molar-refractivity contribution is 0.536. The van der Waals surface area contributed by atoms with E-state index >= 15 is 0 Å². The molecule has 1 nitrogen and oxygen atoms in total. The molecule has 0 saturated carbocycles. The van der Waals surface area contributed by atoms with Gasteiger partial charge in [-0.2, -0.15) is 0 Å². The van der Waals surface area contributed by atoms with Crippen molar-refractivity contribution >= 4 is 0 Å². The molecule has 0 bridgehead atoms. The minimum Gasteiger partial charge on any atom is -0.313 e. The first-order valence-corrected chi connectivity index (χ1v) is 11.2. The van der Waals surface area contributed by atoms with E-state index in [9.17, 15) is 0 Å². The molecule has 2 aromatic carbocycles. The summed E-state index contributed by atoms with van der Waals surface area (Å²) in [6, 6.07) is 12.7. The van der Waals surface area contributed by atoms with Crippen molar-refractivity contribution in [3.8, 4) is 0 Å². The summed E-state index contributed by atoms with van der Waals surface area (Å²) < 4.78 is 0. The number of nitrogens with one attached hydrogen (secondary N) is 1. The third-order valence-electron chi connectivity index (χ3n) is 6.23. The second-order valence-electron chi connectivity index (χ2n) is 8.11. The van der Waals surface area contributed by atoms with Gasteiger partial charge in [-0.15, -0.1) is 0 Å². The minimum absolute atomic E-state index is 0.613. The zero-order chi connectivity index (χ0) is 19.2. The van der Waals surface area contributed by atoms with Gasteiger partial charge in [0, 0.05) is 6.04 Å². The minimum atomic E-state index is 0.613. The fourth-order valence-electron chi connectivity index (χ4n) is 4.68. The lowest BCUT2D eigenvalue weighted by Gasteiger charge is -2.13. The van der Waals surface area contributed by atoms with Gasteiger partial charge in [-0.25, -0.2) is 0 Å². The predicted molar refractivity (Wildman–Crippen MR) is 118 cm³/mol. The van der Waals surface area contributed by atoms with Crippen molar-refractivity contribution in [1.82, 2.24) is 5.32 Å². The van der Waals surface area contributed by atoms with Crippen LogP contribution in [0.15, 0.2) is 30.3 Å². The van der Waals surface area contributed by atoms with Gasteiger partial charge in [0.15, 0.2) is 0 Å². The highest BCUT2D eigenvalue weighted by molar-refractivity contribution is 5.42. The van der Waals surface area contributed by atoms with Crippen molar-refractivity contribution in [1.29, 1.82) is 0 Å². The lowest BCUT2D eigenvalue weighted by Crippen LogP contribution is -2.31. The molecule has 0 saturated heterocycles. The largest absolute Gasteiger partial charge is 0.313 e. The van der Waals surface area contributed by atoms with E-state index in [1.54, 1.807) is 27.8 Å². The summed E-state index contributed by atoms with van der Waals surface area (Å²) in [5.41, 5.74) is 10.8. The summed E-state index contributed by atoms with van der Waals surface area (Å²) in [7, 11) is 0. The van der Waals surface area contributed by atoms with E-state index in [4.69, 9.17) is 0 Å². The molecule has 1 heteroatoms. The molecule has 2 aromatic rings. The molecular formula is C26H37N. The summed E-state index contributed by atoms with van der Waals surface area (Å²) in [5.74, 6) is 0. The van der Waals surface area contributed by atoms with Crippen LogP contribution >= 0.6 is 0 Å². The maximum Gasteiger partial charge on any atom is 0.0148 e. The molecule has 0 spiro atoms. The van der Waals surface area contributed by atoms with Crippen LogP contribution in [0, 0.1) is 0 Å². The Kier molecular flexibility index (Phi) is 7.13. The third kappa shape index (κ3) is 4.82. The van der Waals surface area contributed by atoms with Gasteiger partial charge in [0.2, 0.25) is 0 Å². The molecule has 0 radical (unpaired) electrons. The van der Waals surface area contributed by atoms with Gasteiger partial charge in [-0.05, 0) is 90.4 Å². The third-order valence-corrected chi connectivity index (χ3v) is 6.23. The second kappa shape index (κ2) is 9.55. The van der Waals surface area contributed by atoms with Gasteiger partial charge in [-0.3, -0.25) is 0 Å². The second-order valence-corrected chi connectivity index (χ2v) is 8.11. The van der Waals surface area contributed by atoms with Crippen LogP contribution in [0.2, 0.25) is 0 Å². The Morgan fingerprint density at radius 1 is 0.741 bits per heavy atom. The van der Waals surface area contributed by atoms with E-state index in [0.29, 0.717) is 6.04 Å². The molecule has 0 fully saturated rings. The zero-order valence-corrected chi connectivity index (χ0v) is 17.8. The number of benzene rings is 2. The zero-order valence-electron chi connectivity index (χ0n) is 17.8. The summed E-state index contributed by atoms with van der Waals surface area (Å²) >= 11 is 0. The maximum absolute atomic E-state index is 3.83. The fraction of sp³-hybridized carbons (Fsp3) is 0.538. The fourth-order valence-corrected chi connectivity index (χ4v) is 4.68. The average molecular weight is 364 g/mol. The Labute approximate surface area is 166 Å². The summed E-state index contributed by atoms with van der Waals surface area (Å²) in [4.78, 5) is 0. The van der Waals surface area contributed by atoms with Gasteiger partial charge in [0.25, 0.3) is 0 Å². The standard InChI is InChI=1S/C26H37N/c1-5-9-23-14-19(10-11-20(23)6-2)12-13-27-26-17-24-15-21(7-3)22(8-4)16-25(24)18-26/h10-11,14-16,26-27H,5-9,12-13,17-18H2,1-4H3. The quantitative estimate of drug-likeness (QED) is 0.609. The van der Waals surface area contributed by atoms with E-state index in [2.05, 4.69) is 63.3 Å². The van der Waals surface area contributed by atoms with Crippen LogP contribution in [-0.4, -0.2) is 12.6 Å². The molecule has 0 atom stereocenters. The van der Waals surface area contributed by atoms with Crippen LogP contribution in [0.5, 0.6) is 0 Å². The Balaban J connectivity index is 1.56. The first-order valence-electron chi connectivity index (χ1n) is 11.2. The lowest BCUT2D eigenvalue weighted by atomic mass is 9.97. The van der Waals surface area contributed by atoms with E-state index in [-0.39, 0.29) is 0 Å².